The molecular formula is C23H25NO5. The highest BCUT2D eigenvalue weighted by Crippen LogP contribution is 2.34. The number of carbonyl (C=O) groups is 2. The molecule has 6 nitrogen and oxygen atoms in total. The monoisotopic (exact) mass is 395 g/mol. The zero-order valence-corrected chi connectivity index (χ0v) is 16.4. The maximum absolute atomic E-state index is 12.9. The number of Topliss-reactive ketones (excluding diaryl/α,β-unsaturated/α-hetero) is 1. The summed E-state index contributed by atoms with van der Waals surface area (Å²) in [7, 11) is 0. The van der Waals surface area contributed by atoms with Gasteiger partial charge >= 0.3 is 0 Å². The second-order valence-electron chi connectivity index (χ2n) is 7.45. The Morgan fingerprint density at radius 1 is 1.00 bits per heavy atom. The fraction of sp³-hybridized carbons (Fsp3) is 0.391. The van der Waals surface area contributed by atoms with Gasteiger partial charge in [-0.05, 0) is 24.3 Å². The quantitative estimate of drug-likeness (QED) is 0.728. The number of carbonyl (C=O) groups excluding carboxylic acids is 2. The Morgan fingerprint density at radius 3 is 2.55 bits per heavy atom. The van der Waals surface area contributed by atoms with Gasteiger partial charge in [-0.1, -0.05) is 37.3 Å². The highest BCUT2D eigenvalue weighted by Gasteiger charge is 2.48. The Labute approximate surface area is 170 Å². The molecular weight excluding hydrogens is 370 g/mol. The minimum absolute atomic E-state index is 0.0161. The van der Waals surface area contributed by atoms with Gasteiger partial charge in [-0.2, -0.15) is 0 Å². The highest BCUT2D eigenvalue weighted by molar-refractivity contribution is 5.96. The van der Waals surface area contributed by atoms with Gasteiger partial charge < -0.3 is 19.5 Å². The Hall–Kier alpha value is -2.70. The average molecular weight is 395 g/mol. The van der Waals surface area contributed by atoms with E-state index in [0.717, 1.165) is 5.75 Å². The van der Waals surface area contributed by atoms with Gasteiger partial charge in [0.05, 0.1) is 25.4 Å². The van der Waals surface area contributed by atoms with Crippen LogP contribution in [0, 0.1) is 5.92 Å². The molecule has 2 aliphatic heterocycles. The second-order valence-corrected chi connectivity index (χ2v) is 7.45. The lowest BCUT2D eigenvalue weighted by atomic mass is 9.92. The zero-order valence-electron chi connectivity index (χ0n) is 16.4. The van der Waals surface area contributed by atoms with Gasteiger partial charge in [0.2, 0.25) is 5.91 Å². The van der Waals surface area contributed by atoms with Crippen LogP contribution in [-0.4, -0.2) is 43.2 Å². The molecule has 152 valence electrons. The number of nitrogens with one attached hydrogen (secondary N) is 1. The average Bonchev–Trinajstić information content (AvgIpc) is 3.32. The van der Waals surface area contributed by atoms with Crippen LogP contribution in [0.15, 0.2) is 54.6 Å². The predicted molar refractivity (Wildman–Crippen MR) is 107 cm³/mol. The molecule has 29 heavy (non-hydrogen) atoms. The summed E-state index contributed by atoms with van der Waals surface area (Å²) in [4.78, 5) is 24.5. The first-order valence-electron chi connectivity index (χ1n) is 10.0. The van der Waals surface area contributed by atoms with Crippen molar-refractivity contribution in [3.63, 3.8) is 0 Å². The molecule has 0 unspecified atom stereocenters. The number of ether oxygens (including phenoxy) is 3. The molecule has 0 saturated carbocycles. The maximum atomic E-state index is 12.9. The van der Waals surface area contributed by atoms with Crippen molar-refractivity contribution in [1.29, 1.82) is 0 Å². The summed E-state index contributed by atoms with van der Waals surface area (Å²) < 4.78 is 17.6. The van der Waals surface area contributed by atoms with E-state index in [2.05, 4.69) is 5.32 Å². The van der Waals surface area contributed by atoms with E-state index in [-0.39, 0.29) is 35.9 Å². The van der Waals surface area contributed by atoms with Gasteiger partial charge in [-0.3, -0.25) is 9.59 Å². The number of ketones is 1. The fourth-order valence-corrected chi connectivity index (χ4v) is 3.90. The summed E-state index contributed by atoms with van der Waals surface area (Å²) in [5.41, 5.74) is 0.607. The third-order valence-electron chi connectivity index (χ3n) is 5.41. The molecule has 2 saturated heterocycles. The van der Waals surface area contributed by atoms with Crippen LogP contribution in [0.4, 0.5) is 0 Å². The largest absolute Gasteiger partial charge is 0.457 e. The van der Waals surface area contributed by atoms with E-state index in [1.165, 1.54) is 0 Å². The molecule has 0 spiro atoms. The Balaban J connectivity index is 1.38. The standard InChI is InChI=1S/C23H25NO5/c1-2-21(26)24-19-14-28-22-16(13-27-23(19)22)12-20(25)15-7-6-10-18(11-15)29-17-8-4-3-5-9-17/h3-11,16,19,22-23H,2,12-14H2,1H3,(H,24,26)/t16-,19-,22+,23+/m0/s1. The molecule has 4 atom stereocenters. The fourth-order valence-electron chi connectivity index (χ4n) is 3.90. The van der Waals surface area contributed by atoms with Gasteiger partial charge in [0.25, 0.3) is 0 Å². The molecule has 2 heterocycles. The number of benzene rings is 2. The summed E-state index contributed by atoms with van der Waals surface area (Å²) in [5, 5.41) is 2.95. The molecule has 2 aliphatic rings. The summed E-state index contributed by atoms with van der Waals surface area (Å²) in [6.45, 7) is 2.70. The zero-order chi connectivity index (χ0) is 20.2. The molecule has 2 aromatic carbocycles. The maximum Gasteiger partial charge on any atom is 0.220 e. The lowest BCUT2D eigenvalue weighted by Crippen LogP contribution is -2.43. The van der Waals surface area contributed by atoms with Crippen molar-refractivity contribution >= 4 is 11.7 Å². The first-order valence-corrected chi connectivity index (χ1v) is 10.0. The van der Waals surface area contributed by atoms with Crippen LogP contribution < -0.4 is 10.1 Å². The summed E-state index contributed by atoms with van der Waals surface area (Å²) >= 11 is 0. The molecule has 2 fully saturated rings. The van der Waals surface area contributed by atoms with E-state index in [0.29, 0.717) is 37.4 Å². The van der Waals surface area contributed by atoms with Crippen LogP contribution in [0.5, 0.6) is 11.5 Å². The van der Waals surface area contributed by atoms with E-state index in [9.17, 15) is 9.59 Å². The first kappa shape index (κ1) is 19.6. The number of hydrogen-bond acceptors (Lipinski definition) is 5. The van der Waals surface area contributed by atoms with Crippen molar-refractivity contribution < 1.29 is 23.8 Å². The minimum atomic E-state index is -0.184. The van der Waals surface area contributed by atoms with Crippen molar-refractivity contribution in [2.24, 2.45) is 5.92 Å². The van der Waals surface area contributed by atoms with Gasteiger partial charge in [-0.15, -0.1) is 0 Å². The number of hydrogen-bond donors (Lipinski definition) is 1. The highest BCUT2D eigenvalue weighted by atomic mass is 16.6. The molecule has 1 N–H and O–H groups in total. The molecule has 1 amide bonds. The van der Waals surface area contributed by atoms with Crippen LogP contribution in [-0.2, 0) is 14.3 Å². The second kappa shape index (κ2) is 8.76. The third kappa shape index (κ3) is 4.49. The summed E-state index contributed by atoms with van der Waals surface area (Å²) in [6.07, 6.45) is 0.419. The van der Waals surface area contributed by atoms with Crippen molar-refractivity contribution in [3.05, 3.63) is 60.2 Å². The van der Waals surface area contributed by atoms with Crippen LogP contribution in [0.3, 0.4) is 0 Å². The molecule has 0 bridgehead atoms. The van der Waals surface area contributed by atoms with Crippen LogP contribution >= 0.6 is 0 Å². The van der Waals surface area contributed by atoms with Gasteiger partial charge in [0.1, 0.15) is 17.6 Å². The van der Waals surface area contributed by atoms with Crippen LogP contribution in [0.1, 0.15) is 30.1 Å². The number of rotatable bonds is 7. The number of fused-ring (bicyclic) bond motifs is 1. The van der Waals surface area contributed by atoms with Gasteiger partial charge in [-0.25, -0.2) is 0 Å². The smallest absolute Gasteiger partial charge is 0.220 e. The molecule has 2 aromatic rings. The van der Waals surface area contributed by atoms with E-state index in [1.54, 1.807) is 12.1 Å². The minimum Gasteiger partial charge on any atom is -0.457 e. The Kier molecular flexibility index (Phi) is 5.92. The number of para-hydroxylation sites is 1. The van der Waals surface area contributed by atoms with E-state index < -0.39 is 0 Å². The molecule has 0 aromatic heterocycles. The van der Waals surface area contributed by atoms with Gasteiger partial charge in [0.15, 0.2) is 5.78 Å². The Bertz CT molecular complexity index is 869. The van der Waals surface area contributed by atoms with Crippen molar-refractivity contribution in [1.82, 2.24) is 5.32 Å². The van der Waals surface area contributed by atoms with Crippen molar-refractivity contribution in [2.75, 3.05) is 13.2 Å². The predicted octanol–water partition coefficient (Wildman–Crippen LogP) is 3.36. The third-order valence-corrected chi connectivity index (χ3v) is 5.41. The summed E-state index contributed by atoms with van der Waals surface area (Å²) in [5.74, 6) is 1.35. The number of amides is 1. The molecule has 6 heteroatoms. The van der Waals surface area contributed by atoms with Gasteiger partial charge in [0, 0.05) is 24.3 Å². The lowest BCUT2D eigenvalue weighted by molar-refractivity contribution is -0.122. The van der Waals surface area contributed by atoms with E-state index in [1.807, 2.05) is 49.4 Å². The topological polar surface area (TPSA) is 73.9 Å². The van der Waals surface area contributed by atoms with Crippen molar-refractivity contribution in [2.45, 2.75) is 38.0 Å². The lowest BCUT2D eigenvalue weighted by Gasteiger charge is -2.17. The Morgan fingerprint density at radius 2 is 1.76 bits per heavy atom. The molecule has 4 rings (SSSR count). The molecule has 0 radical (unpaired) electrons. The normalized spacial score (nSPS) is 25.4. The van der Waals surface area contributed by atoms with Crippen LogP contribution in [0.2, 0.25) is 0 Å². The summed E-state index contributed by atoms with van der Waals surface area (Å²) in [6, 6.07) is 16.5. The van der Waals surface area contributed by atoms with Crippen molar-refractivity contribution in [3.8, 4) is 11.5 Å². The SMILES string of the molecule is CCC(=O)N[C@H]1CO[C@@H]2[C@@H](CC(=O)c3cccc(Oc4ccccc4)c3)CO[C@@H]21. The van der Waals surface area contributed by atoms with E-state index >= 15 is 0 Å². The van der Waals surface area contributed by atoms with Crippen LogP contribution in [0.25, 0.3) is 0 Å². The van der Waals surface area contributed by atoms with E-state index in [4.69, 9.17) is 14.2 Å². The molecule has 0 aliphatic carbocycles. The first-order chi connectivity index (χ1) is 14.1.